The molecule has 2 rings (SSSR count). The molecule has 7 heteroatoms. The van der Waals surface area contributed by atoms with Crippen molar-refractivity contribution in [1.29, 1.82) is 0 Å². The highest BCUT2D eigenvalue weighted by atomic mass is 35.5. The highest BCUT2D eigenvalue weighted by molar-refractivity contribution is 7.18. The van der Waals surface area contributed by atoms with Crippen LogP contribution in [-0.4, -0.2) is 17.0 Å². The molecule has 2 aromatic rings. The smallest absolute Gasteiger partial charge is 0.338 e. The van der Waals surface area contributed by atoms with Crippen LogP contribution in [0.4, 0.5) is 5.00 Å². The second-order valence-corrected chi connectivity index (χ2v) is 6.52. The number of amides is 1. The zero-order valence-corrected chi connectivity index (χ0v) is 12.3. The van der Waals surface area contributed by atoms with Gasteiger partial charge < -0.3 is 10.4 Å². The molecule has 2 N–H and O–H groups in total. The number of thiophene rings is 2. The van der Waals surface area contributed by atoms with Gasteiger partial charge in [0.25, 0.3) is 5.91 Å². The maximum atomic E-state index is 12.0. The minimum Gasteiger partial charge on any atom is -0.478 e. The van der Waals surface area contributed by atoms with Gasteiger partial charge in [-0.15, -0.1) is 22.7 Å². The van der Waals surface area contributed by atoms with Crippen LogP contribution in [0.5, 0.6) is 0 Å². The average molecular weight is 316 g/mol. The van der Waals surface area contributed by atoms with Gasteiger partial charge in [-0.05, 0) is 24.6 Å². The standard InChI is InChI=1S/C12H10ClNO3S2/c1-2-6-5-7(12(16)17)11(18-6)14-10(15)8-3-4-9(13)19-8/h3-5H,2H2,1H3,(H,14,15)(H,16,17). The van der Waals surface area contributed by atoms with Gasteiger partial charge in [-0.2, -0.15) is 0 Å². The summed E-state index contributed by atoms with van der Waals surface area (Å²) in [7, 11) is 0. The number of halogens is 1. The number of anilines is 1. The Labute approximate surface area is 122 Å². The molecule has 2 aromatic heterocycles. The van der Waals surface area contributed by atoms with Gasteiger partial charge in [0.05, 0.1) is 14.8 Å². The molecule has 0 saturated heterocycles. The Kier molecular flexibility index (Phi) is 4.24. The van der Waals surface area contributed by atoms with Crippen LogP contribution < -0.4 is 5.32 Å². The predicted molar refractivity (Wildman–Crippen MR) is 77.9 cm³/mol. The maximum Gasteiger partial charge on any atom is 0.338 e. The van der Waals surface area contributed by atoms with Crippen LogP contribution >= 0.6 is 34.3 Å². The molecule has 0 bridgehead atoms. The number of hydrogen-bond acceptors (Lipinski definition) is 4. The number of carbonyl (C=O) groups is 2. The first-order valence-corrected chi connectivity index (χ1v) is 7.45. The number of nitrogens with one attached hydrogen (secondary N) is 1. The molecule has 0 unspecified atom stereocenters. The first kappa shape index (κ1) is 14.0. The number of rotatable bonds is 4. The topological polar surface area (TPSA) is 66.4 Å². The van der Waals surface area contributed by atoms with Crippen molar-refractivity contribution >= 4 is 51.2 Å². The van der Waals surface area contributed by atoms with Crippen molar-refractivity contribution in [1.82, 2.24) is 0 Å². The predicted octanol–water partition coefficient (Wildman–Crippen LogP) is 3.98. The van der Waals surface area contributed by atoms with Crippen molar-refractivity contribution in [3.8, 4) is 0 Å². The lowest BCUT2D eigenvalue weighted by Crippen LogP contribution is -2.11. The fourth-order valence-corrected chi connectivity index (χ4v) is 3.39. The van der Waals surface area contributed by atoms with Gasteiger partial charge in [0.1, 0.15) is 5.00 Å². The van der Waals surface area contributed by atoms with Crippen LogP contribution in [0.15, 0.2) is 18.2 Å². The van der Waals surface area contributed by atoms with Crippen molar-refractivity contribution in [2.24, 2.45) is 0 Å². The summed E-state index contributed by atoms with van der Waals surface area (Å²) in [5.41, 5.74) is 0.123. The molecule has 0 aliphatic heterocycles. The van der Waals surface area contributed by atoms with E-state index in [2.05, 4.69) is 5.32 Å². The molecule has 19 heavy (non-hydrogen) atoms. The van der Waals surface area contributed by atoms with Gasteiger partial charge in [0.2, 0.25) is 0 Å². The normalized spacial score (nSPS) is 10.4. The van der Waals surface area contributed by atoms with Crippen molar-refractivity contribution in [2.75, 3.05) is 5.32 Å². The molecule has 0 radical (unpaired) electrons. The number of carbonyl (C=O) groups excluding carboxylic acids is 1. The molecular weight excluding hydrogens is 306 g/mol. The van der Waals surface area contributed by atoms with E-state index in [4.69, 9.17) is 16.7 Å². The van der Waals surface area contributed by atoms with E-state index >= 15 is 0 Å². The lowest BCUT2D eigenvalue weighted by molar-refractivity contribution is 0.0698. The molecule has 2 heterocycles. The average Bonchev–Trinajstić information content (AvgIpc) is 2.95. The highest BCUT2D eigenvalue weighted by Gasteiger charge is 2.18. The molecule has 1 amide bonds. The van der Waals surface area contributed by atoms with E-state index < -0.39 is 5.97 Å². The van der Waals surface area contributed by atoms with Crippen LogP contribution in [0, 0.1) is 0 Å². The summed E-state index contributed by atoms with van der Waals surface area (Å²) in [6.45, 7) is 1.93. The first-order valence-electron chi connectivity index (χ1n) is 5.44. The van der Waals surface area contributed by atoms with Crippen molar-refractivity contribution in [3.05, 3.63) is 37.9 Å². The molecular formula is C12H10ClNO3S2. The van der Waals surface area contributed by atoms with Crippen LogP contribution in [0.2, 0.25) is 4.34 Å². The van der Waals surface area contributed by atoms with Crippen LogP contribution in [-0.2, 0) is 6.42 Å². The van der Waals surface area contributed by atoms with Gasteiger partial charge in [-0.25, -0.2) is 4.79 Å². The third-order valence-corrected chi connectivity index (χ3v) is 4.81. The fourth-order valence-electron chi connectivity index (χ4n) is 1.47. The van der Waals surface area contributed by atoms with E-state index in [1.165, 1.54) is 11.3 Å². The van der Waals surface area contributed by atoms with Crippen molar-refractivity contribution in [3.63, 3.8) is 0 Å². The molecule has 0 aliphatic rings. The lowest BCUT2D eigenvalue weighted by atomic mass is 10.2. The lowest BCUT2D eigenvalue weighted by Gasteiger charge is -2.01. The molecule has 0 fully saturated rings. The second-order valence-electron chi connectivity index (χ2n) is 3.67. The molecule has 4 nitrogen and oxygen atoms in total. The number of carboxylic acid groups (broad SMARTS) is 1. The quantitative estimate of drug-likeness (QED) is 0.897. The van der Waals surface area contributed by atoms with Crippen LogP contribution in [0.1, 0.15) is 31.8 Å². The van der Waals surface area contributed by atoms with Gasteiger partial charge in [0, 0.05) is 4.88 Å². The number of hydrogen-bond donors (Lipinski definition) is 2. The van der Waals surface area contributed by atoms with Crippen molar-refractivity contribution < 1.29 is 14.7 Å². The molecule has 100 valence electrons. The minimum absolute atomic E-state index is 0.123. The summed E-state index contributed by atoms with van der Waals surface area (Å²) in [5, 5.41) is 12.1. The summed E-state index contributed by atoms with van der Waals surface area (Å²) < 4.78 is 0.518. The Morgan fingerprint density at radius 3 is 2.63 bits per heavy atom. The zero-order chi connectivity index (χ0) is 14.0. The van der Waals surface area contributed by atoms with E-state index in [9.17, 15) is 9.59 Å². The summed E-state index contributed by atoms with van der Waals surface area (Å²) in [4.78, 5) is 24.4. The van der Waals surface area contributed by atoms with E-state index in [0.717, 1.165) is 22.6 Å². The Morgan fingerprint density at radius 1 is 1.37 bits per heavy atom. The number of aryl methyl sites for hydroxylation is 1. The summed E-state index contributed by atoms with van der Waals surface area (Å²) >= 11 is 8.19. The molecule has 0 saturated carbocycles. The Balaban J connectivity index is 2.25. The third-order valence-electron chi connectivity index (χ3n) is 2.39. The molecule has 0 atom stereocenters. The SMILES string of the molecule is CCc1cc(C(=O)O)c(NC(=O)c2ccc(Cl)s2)s1. The first-order chi connectivity index (χ1) is 9.01. The number of aromatic carboxylic acids is 1. The molecule has 0 aliphatic carbocycles. The van der Waals surface area contributed by atoms with Crippen LogP contribution in [0.3, 0.4) is 0 Å². The fraction of sp³-hybridized carbons (Fsp3) is 0.167. The van der Waals surface area contributed by atoms with E-state index in [0.29, 0.717) is 14.2 Å². The van der Waals surface area contributed by atoms with Gasteiger partial charge in [-0.1, -0.05) is 18.5 Å². The molecule has 0 spiro atoms. The largest absolute Gasteiger partial charge is 0.478 e. The van der Waals surface area contributed by atoms with E-state index in [1.54, 1.807) is 18.2 Å². The Bertz CT molecular complexity index is 633. The highest BCUT2D eigenvalue weighted by Crippen LogP contribution is 2.30. The Hall–Kier alpha value is -1.37. The summed E-state index contributed by atoms with van der Waals surface area (Å²) in [5.74, 6) is -1.39. The van der Waals surface area contributed by atoms with Gasteiger partial charge in [0.15, 0.2) is 0 Å². The summed E-state index contributed by atoms with van der Waals surface area (Å²) in [6, 6.07) is 4.83. The second kappa shape index (κ2) is 5.73. The maximum absolute atomic E-state index is 12.0. The van der Waals surface area contributed by atoms with E-state index in [-0.39, 0.29) is 11.5 Å². The summed E-state index contributed by atoms with van der Waals surface area (Å²) in [6.07, 6.45) is 0.728. The van der Waals surface area contributed by atoms with E-state index in [1.807, 2.05) is 6.92 Å². The minimum atomic E-state index is -1.05. The third kappa shape index (κ3) is 3.15. The monoisotopic (exact) mass is 315 g/mol. The zero-order valence-electron chi connectivity index (χ0n) is 9.90. The van der Waals surface area contributed by atoms with Crippen LogP contribution in [0.25, 0.3) is 0 Å². The van der Waals surface area contributed by atoms with Gasteiger partial charge in [-0.3, -0.25) is 4.79 Å². The van der Waals surface area contributed by atoms with Crippen molar-refractivity contribution in [2.45, 2.75) is 13.3 Å². The Morgan fingerprint density at radius 2 is 2.11 bits per heavy atom. The number of carboxylic acids is 1. The molecule has 0 aromatic carbocycles. The van der Waals surface area contributed by atoms with Gasteiger partial charge >= 0.3 is 5.97 Å².